The molecule has 3 heterocycles. The van der Waals surface area contributed by atoms with Crippen LogP contribution < -0.4 is 15.4 Å². The van der Waals surface area contributed by atoms with Crippen LogP contribution in [0.25, 0.3) is 10.9 Å². The van der Waals surface area contributed by atoms with Crippen LogP contribution in [-0.2, 0) is 10.9 Å². The van der Waals surface area contributed by atoms with Gasteiger partial charge in [0.1, 0.15) is 17.4 Å². The molecule has 1 aromatic heterocycles. The molecule has 3 aromatic rings. The Hall–Kier alpha value is -3.44. The number of fused-ring (bicyclic) bond motifs is 1. The molecule has 11 heteroatoms. The van der Waals surface area contributed by atoms with E-state index < -0.39 is 11.7 Å². The molecule has 2 N–H and O–H groups in total. The van der Waals surface area contributed by atoms with E-state index in [-0.39, 0.29) is 28.9 Å². The third kappa shape index (κ3) is 6.51. The fourth-order valence-electron chi connectivity index (χ4n) is 4.36. The third-order valence-electron chi connectivity index (χ3n) is 6.29. The minimum Gasteiger partial charge on any atom is -0.488 e. The van der Waals surface area contributed by atoms with Gasteiger partial charge in [-0.15, -0.1) is 0 Å². The van der Waals surface area contributed by atoms with E-state index in [2.05, 4.69) is 20.6 Å². The monoisotopic (exact) mass is 531 g/mol. The van der Waals surface area contributed by atoms with Crippen LogP contribution in [0.2, 0.25) is 0 Å². The molecule has 5 rings (SSSR count). The number of alkyl halides is 3. The molecule has 2 fully saturated rings. The number of rotatable bonds is 5. The number of hydrogen-bond donors (Lipinski definition) is 2. The second-order valence-electron chi connectivity index (χ2n) is 8.74. The SMILES string of the molecule is CC.O=C(c1ccc(Nc2ncc3c(C(F)(F)F)ccc(OC4CCNCC4)c3n2)cc1)N1CCOCC1. The van der Waals surface area contributed by atoms with Crippen molar-refractivity contribution in [2.24, 2.45) is 0 Å². The summed E-state index contributed by atoms with van der Waals surface area (Å²) in [4.78, 5) is 22.9. The van der Waals surface area contributed by atoms with Crippen molar-refractivity contribution in [2.75, 3.05) is 44.7 Å². The number of hydrogen-bond acceptors (Lipinski definition) is 7. The van der Waals surface area contributed by atoms with Gasteiger partial charge in [-0.1, -0.05) is 13.8 Å². The quantitative estimate of drug-likeness (QED) is 0.478. The minimum absolute atomic E-state index is 0.0776. The van der Waals surface area contributed by atoms with Gasteiger partial charge in [-0.2, -0.15) is 13.2 Å². The molecule has 1 amide bonds. The molecule has 38 heavy (non-hydrogen) atoms. The van der Waals surface area contributed by atoms with E-state index in [4.69, 9.17) is 9.47 Å². The number of benzene rings is 2. The van der Waals surface area contributed by atoms with E-state index in [1.807, 2.05) is 13.8 Å². The summed E-state index contributed by atoms with van der Waals surface area (Å²) >= 11 is 0. The summed E-state index contributed by atoms with van der Waals surface area (Å²) < 4.78 is 52.3. The first-order valence-electron chi connectivity index (χ1n) is 12.9. The fraction of sp³-hybridized carbons (Fsp3) is 0.444. The molecule has 0 radical (unpaired) electrons. The molecular formula is C27H32F3N5O3. The highest BCUT2D eigenvalue weighted by atomic mass is 19.4. The summed E-state index contributed by atoms with van der Waals surface area (Å²) in [6.07, 6.45) is -1.97. The molecule has 0 aliphatic carbocycles. The van der Waals surface area contributed by atoms with E-state index in [1.54, 1.807) is 29.2 Å². The van der Waals surface area contributed by atoms with Gasteiger partial charge >= 0.3 is 6.18 Å². The predicted molar refractivity (Wildman–Crippen MR) is 139 cm³/mol. The van der Waals surface area contributed by atoms with Crippen molar-refractivity contribution in [3.63, 3.8) is 0 Å². The molecule has 204 valence electrons. The Morgan fingerprint density at radius 2 is 1.76 bits per heavy atom. The first kappa shape index (κ1) is 27.6. The number of piperidine rings is 1. The molecule has 0 atom stereocenters. The number of aromatic nitrogens is 2. The van der Waals surface area contributed by atoms with Crippen molar-refractivity contribution in [1.82, 2.24) is 20.2 Å². The van der Waals surface area contributed by atoms with Gasteiger partial charge in [0.05, 0.1) is 18.8 Å². The highest BCUT2D eigenvalue weighted by Crippen LogP contribution is 2.38. The topological polar surface area (TPSA) is 88.6 Å². The molecule has 2 aliphatic heterocycles. The van der Waals surface area contributed by atoms with Gasteiger partial charge < -0.3 is 25.0 Å². The van der Waals surface area contributed by atoms with Crippen molar-refractivity contribution in [3.05, 3.63) is 53.7 Å². The number of amides is 1. The summed E-state index contributed by atoms with van der Waals surface area (Å²) in [5.74, 6) is 0.345. The van der Waals surface area contributed by atoms with Crippen molar-refractivity contribution >= 4 is 28.4 Å². The normalized spacial score (nSPS) is 16.5. The van der Waals surface area contributed by atoms with Gasteiger partial charge in [-0.25, -0.2) is 9.97 Å². The maximum Gasteiger partial charge on any atom is 0.417 e. The summed E-state index contributed by atoms with van der Waals surface area (Å²) in [7, 11) is 0. The van der Waals surface area contributed by atoms with E-state index in [0.29, 0.717) is 43.3 Å². The Morgan fingerprint density at radius 1 is 1.08 bits per heavy atom. The van der Waals surface area contributed by atoms with Gasteiger partial charge in [-0.05, 0) is 62.3 Å². The molecule has 0 saturated carbocycles. The van der Waals surface area contributed by atoms with Crippen LogP contribution in [0.3, 0.4) is 0 Å². The van der Waals surface area contributed by atoms with Crippen LogP contribution in [0.1, 0.15) is 42.6 Å². The van der Waals surface area contributed by atoms with E-state index in [0.717, 1.165) is 32.0 Å². The summed E-state index contributed by atoms with van der Waals surface area (Å²) in [6, 6.07) is 9.14. The summed E-state index contributed by atoms with van der Waals surface area (Å²) in [6.45, 7) is 7.70. The average Bonchev–Trinajstić information content (AvgIpc) is 2.95. The van der Waals surface area contributed by atoms with Gasteiger partial charge in [0, 0.05) is 35.9 Å². The summed E-state index contributed by atoms with van der Waals surface area (Å²) in [5.41, 5.74) is 0.419. The lowest BCUT2D eigenvalue weighted by molar-refractivity contribution is -0.136. The molecule has 0 bridgehead atoms. The molecule has 0 unspecified atom stereocenters. The smallest absolute Gasteiger partial charge is 0.417 e. The third-order valence-corrected chi connectivity index (χ3v) is 6.29. The number of halogens is 3. The lowest BCUT2D eigenvalue weighted by Gasteiger charge is -2.26. The molecule has 2 saturated heterocycles. The summed E-state index contributed by atoms with van der Waals surface area (Å²) in [5, 5.41) is 6.14. The van der Waals surface area contributed by atoms with Gasteiger partial charge in [0.25, 0.3) is 5.91 Å². The Morgan fingerprint density at radius 3 is 2.42 bits per heavy atom. The first-order valence-corrected chi connectivity index (χ1v) is 12.9. The van der Waals surface area contributed by atoms with E-state index in [1.165, 1.54) is 12.3 Å². The van der Waals surface area contributed by atoms with Gasteiger partial charge in [0.2, 0.25) is 5.95 Å². The zero-order valence-corrected chi connectivity index (χ0v) is 21.5. The maximum absolute atomic E-state index is 13.6. The Kier molecular flexibility index (Phi) is 9.01. The van der Waals surface area contributed by atoms with E-state index in [9.17, 15) is 18.0 Å². The van der Waals surface area contributed by atoms with Crippen LogP contribution in [-0.4, -0.2) is 66.3 Å². The first-order chi connectivity index (χ1) is 18.4. The molecule has 2 aliphatic rings. The van der Waals surface area contributed by atoms with Crippen LogP contribution >= 0.6 is 0 Å². The van der Waals surface area contributed by atoms with Crippen LogP contribution in [0.5, 0.6) is 5.75 Å². The maximum atomic E-state index is 13.6. The number of carbonyl (C=O) groups is 1. The second-order valence-corrected chi connectivity index (χ2v) is 8.74. The fourth-order valence-corrected chi connectivity index (χ4v) is 4.36. The van der Waals surface area contributed by atoms with Crippen LogP contribution in [0, 0.1) is 0 Å². The highest BCUT2D eigenvalue weighted by Gasteiger charge is 2.34. The minimum atomic E-state index is -4.55. The second kappa shape index (κ2) is 12.4. The number of morpholine rings is 1. The average molecular weight is 532 g/mol. The number of nitrogens with zero attached hydrogens (tertiary/aromatic N) is 3. The molecule has 2 aromatic carbocycles. The Labute approximate surface area is 219 Å². The zero-order valence-electron chi connectivity index (χ0n) is 21.5. The van der Waals surface area contributed by atoms with Gasteiger partial charge in [-0.3, -0.25) is 4.79 Å². The number of anilines is 2. The molecule has 0 spiro atoms. The molecule has 8 nitrogen and oxygen atoms in total. The standard InChI is InChI=1S/C25H26F3N5O3.C2H6/c26-25(27,28)20-5-6-21(36-18-7-9-29-10-8-18)22-19(20)15-30-24(32-22)31-17-3-1-16(2-4-17)23(34)33-11-13-35-14-12-33;1-2/h1-6,15,18,29H,7-14H2,(H,30,31,32);1-2H3. The number of carbonyl (C=O) groups excluding carboxylic acids is 1. The molecular weight excluding hydrogens is 499 g/mol. The van der Waals surface area contributed by atoms with Crippen LogP contribution in [0.4, 0.5) is 24.8 Å². The largest absolute Gasteiger partial charge is 0.488 e. The van der Waals surface area contributed by atoms with Crippen molar-refractivity contribution in [3.8, 4) is 5.75 Å². The zero-order chi connectivity index (χ0) is 27.1. The van der Waals surface area contributed by atoms with Crippen LogP contribution in [0.15, 0.2) is 42.6 Å². The lowest BCUT2D eigenvalue weighted by atomic mass is 10.1. The van der Waals surface area contributed by atoms with E-state index >= 15 is 0 Å². The highest BCUT2D eigenvalue weighted by molar-refractivity contribution is 5.94. The Bertz CT molecular complexity index is 1230. The number of ether oxygens (including phenoxy) is 2. The Balaban J connectivity index is 0.00000164. The van der Waals surface area contributed by atoms with Crippen molar-refractivity contribution < 1.29 is 27.4 Å². The predicted octanol–water partition coefficient (Wildman–Crippen LogP) is 5.02. The van der Waals surface area contributed by atoms with Crippen molar-refractivity contribution in [1.29, 1.82) is 0 Å². The van der Waals surface area contributed by atoms with Crippen molar-refractivity contribution in [2.45, 2.75) is 39.0 Å². The van der Waals surface area contributed by atoms with Gasteiger partial charge in [0.15, 0.2) is 0 Å². The number of nitrogens with one attached hydrogen (secondary N) is 2. The lowest BCUT2D eigenvalue weighted by Crippen LogP contribution is -2.40.